The van der Waals surface area contributed by atoms with Crippen LogP contribution < -0.4 is 0 Å². The highest BCUT2D eigenvalue weighted by Crippen LogP contribution is 2.18. The normalized spacial score (nSPS) is 23.2. The Hall–Kier alpha value is -0.900. The van der Waals surface area contributed by atoms with Crippen LogP contribution in [0.3, 0.4) is 0 Å². The van der Waals surface area contributed by atoms with Gasteiger partial charge in [0.2, 0.25) is 0 Å². The summed E-state index contributed by atoms with van der Waals surface area (Å²) in [5, 5.41) is 3.95. The fraction of sp³-hybridized carbons (Fsp3) is 0.727. The molecule has 1 saturated heterocycles. The van der Waals surface area contributed by atoms with Gasteiger partial charge < -0.3 is 4.52 Å². The maximum Gasteiger partial charge on any atom is 0.133 e. The van der Waals surface area contributed by atoms with Crippen molar-refractivity contribution < 1.29 is 8.91 Å². The summed E-state index contributed by atoms with van der Waals surface area (Å²) in [5.74, 6) is 1.05. The van der Waals surface area contributed by atoms with E-state index in [1.807, 2.05) is 13.0 Å². The van der Waals surface area contributed by atoms with Crippen LogP contribution in [0.4, 0.5) is 4.39 Å². The lowest BCUT2D eigenvalue weighted by atomic mass is 9.99. The van der Waals surface area contributed by atoms with Gasteiger partial charge >= 0.3 is 0 Å². The molecule has 0 aliphatic carbocycles. The van der Waals surface area contributed by atoms with E-state index in [4.69, 9.17) is 4.52 Å². The highest BCUT2D eigenvalue weighted by molar-refractivity contribution is 5.03. The number of hydrogen-bond donors (Lipinski definition) is 0. The predicted octanol–water partition coefficient (Wildman–Crippen LogP) is 2.16. The number of aryl methyl sites for hydroxylation is 1. The summed E-state index contributed by atoms with van der Waals surface area (Å²) in [4.78, 5) is 2.26. The number of halogens is 1. The minimum absolute atomic E-state index is 0.200. The maximum absolute atomic E-state index is 12.5. The lowest BCUT2D eigenvalue weighted by Crippen LogP contribution is -2.35. The van der Waals surface area contributed by atoms with E-state index in [2.05, 4.69) is 10.1 Å². The average Bonchev–Trinajstić information content (AvgIpc) is 2.64. The van der Waals surface area contributed by atoms with Crippen LogP contribution in [0.25, 0.3) is 0 Å². The Labute approximate surface area is 89.2 Å². The fourth-order valence-electron chi connectivity index (χ4n) is 2.14. The third kappa shape index (κ3) is 2.78. The molecule has 4 heteroatoms. The molecule has 0 saturated carbocycles. The predicted molar refractivity (Wildman–Crippen MR) is 55.2 cm³/mol. The second-order valence-corrected chi connectivity index (χ2v) is 4.33. The minimum Gasteiger partial charge on any atom is -0.361 e. The molecule has 2 rings (SSSR count). The van der Waals surface area contributed by atoms with Crippen LogP contribution in [0.15, 0.2) is 10.6 Å². The van der Waals surface area contributed by atoms with Gasteiger partial charge in [0.1, 0.15) is 5.76 Å². The lowest BCUT2D eigenvalue weighted by Gasteiger charge is -2.30. The molecule has 2 heterocycles. The Balaban J connectivity index is 1.88. The van der Waals surface area contributed by atoms with Gasteiger partial charge in [-0.2, -0.15) is 0 Å². The first kappa shape index (κ1) is 10.6. The molecule has 0 bridgehead atoms. The van der Waals surface area contributed by atoms with Crippen LogP contribution in [0.2, 0.25) is 0 Å². The second-order valence-electron chi connectivity index (χ2n) is 4.33. The minimum atomic E-state index is -0.200. The number of aromatic nitrogens is 1. The summed E-state index contributed by atoms with van der Waals surface area (Å²) in [5.41, 5.74) is 0.951. The Morgan fingerprint density at radius 3 is 3.20 bits per heavy atom. The van der Waals surface area contributed by atoms with Crippen molar-refractivity contribution in [3.8, 4) is 0 Å². The molecule has 1 fully saturated rings. The van der Waals surface area contributed by atoms with Crippen molar-refractivity contribution in [2.45, 2.75) is 26.3 Å². The SMILES string of the molecule is Cc1cc(CN2CCCC(CF)C2)no1. The van der Waals surface area contributed by atoms with E-state index in [0.29, 0.717) is 0 Å². The summed E-state index contributed by atoms with van der Waals surface area (Å²) < 4.78 is 17.5. The van der Waals surface area contributed by atoms with Crippen molar-refractivity contribution in [3.63, 3.8) is 0 Å². The van der Waals surface area contributed by atoms with E-state index < -0.39 is 0 Å². The number of nitrogens with zero attached hydrogens (tertiary/aromatic N) is 2. The van der Waals surface area contributed by atoms with E-state index in [-0.39, 0.29) is 12.6 Å². The molecule has 1 unspecified atom stereocenters. The van der Waals surface area contributed by atoms with E-state index in [0.717, 1.165) is 43.9 Å². The van der Waals surface area contributed by atoms with Crippen molar-refractivity contribution in [1.82, 2.24) is 10.1 Å². The van der Waals surface area contributed by atoms with Crippen molar-refractivity contribution >= 4 is 0 Å². The summed E-state index contributed by atoms with van der Waals surface area (Å²) >= 11 is 0. The molecule has 0 spiro atoms. The fourth-order valence-corrected chi connectivity index (χ4v) is 2.14. The molecule has 0 N–H and O–H groups in total. The molecule has 1 aromatic heterocycles. The van der Waals surface area contributed by atoms with E-state index in [1.165, 1.54) is 0 Å². The van der Waals surface area contributed by atoms with Crippen LogP contribution in [0.1, 0.15) is 24.3 Å². The monoisotopic (exact) mass is 212 g/mol. The number of piperidine rings is 1. The molecule has 1 atom stereocenters. The van der Waals surface area contributed by atoms with Crippen LogP contribution in [0.5, 0.6) is 0 Å². The number of rotatable bonds is 3. The summed E-state index contributed by atoms with van der Waals surface area (Å²) in [6.45, 7) is 4.37. The first-order valence-corrected chi connectivity index (χ1v) is 5.48. The zero-order valence-corrected chi connectivity index (χ0v) is 9.08. The summed E-state index contributed by atoms with van der Waals surface area (Å²) in [6, 6.07) is 1.94. The quantitative estimate of drug-likeness (QED) is 0.769. The molecule has 1 aliphatic heterocycles. The van der Waals surface area contributed by atoms with E-state index in [1.54, 1.807) is 0 Å². The lowest BCUT2D eigenvalue weighted by molar-refractivity contribution is 0.145. The highest BCUT2D eigenvalue weighted by atomic mass is 19.1. The van der Waals surface area contributed by atoms with Gasteiger partial charge in [-0.3, -0.25) is 9.29 Å². The van der Waals surface area contributed by atoms with E-state index >= 15 is 0 Å². The largest absolute Gasteiger partial charge is 0.361 e. The first-order valence-electron chi connectivity index (χ1n) is 5.48. The van der Waals surface area contributed by atoms with Gasteiger partial charge in [0.15, 0.2) is 0 Å². The van der Waals surface area contributed by atoms with Crippen molar-refractivity contribution in [1.29, 1.82) is 0 Å². The Kier molecular flexibility index (Phi) is 3.36. The van der Waals surface area contributed by atoms with Crippen molar-refractivity contribution in [2.75, 3.05) is 19.8 Å². The standard InChI is InChI=1S/C11H17FN2O/c1-9-5-11(13-15-9)8-14-4-2-3-10(6-12)7-14/h5,10H,2-4,6-8H2,1H3. The molecule has 0 radical (unpaired) electrons. The average molecular weight is 212 g/mol. The Morgan fingerprint density at radius 1 is 1.67 bits per heavy atom. The van der Waals surface area contributed by atoms with E-state index in [9.17, 15) is 4.39 Å². The van der Waals surface area contributed by atoms with Crippen LogP contribution in [0, 0.1) is 12.8 Å². The number of likely N-dealkylation sites (tertiary alicyclic amines) is 1. The zero-order chi connectivity index (χ0) is 10.7. The number of alkyl halides is 1. The summed E-state index contributed by atoms with van der Waals surface area (Å²) in [7, 11) is 0. The smallest absolute Gasteiger partial charge is 0.133 e. The Bertz CT molecular complexity index is 313. The maximum atomic E-state index is 12.5. The van der Waals surface area contributed by atoms with Crippen molar-refractivity contribution in [2.24, 2.45) is 5.92 Å². The third-order valence-electron chi connectivity index (χ3n) is 2.88. The van der Waals surface area contributed by atoms with Gasteiger partial charge in [0.05, 0.1) is 12.4 Å². The molecular weight excluding hydrogens is 195 g/mol. The molecule has 15 heavy (non-hydrogen) atoms. The van der Waals surface area contributed by atoms with Gasteiger partial charge in [-0.05, 0) is 26.3 Å². The zero-order valence-electron chi connectivity index (χ0n) is 9.08. The molecule has 84 valence electrons. The molecule has 0 amide bonds. The molecule has 1 aliphatic rings. The first-order chi connectivity index (χ1) is 7.28. The van der Waals surface area contributed by atoms with Crippen molar-refractivity contribution in [3.05, 3.63) is 17.5 Å². The van der Waals surface area contributed by atoms with Gasteiger partial charge in [-0.1, -0.05) is 5.16 Å². The molecule has 1 aromatic rings. The van der Waals surface area contributed by atoms with Crippen LogP contribution in [-0.4, -0.2) is 29.8 Å². The van der Waals surface area contributed by atoms with Gasteiger partial charge in [0, 0.05) is 25.1 Å². The van der Waals surface area contributed by atoms with Crippen LogP contribution in [-0.2, 0) is 6.54 Å². The summed E-state index contributed by atoms with van der Waals surface area (Å²) in [6.07, 6.45) is 2.11. The van der Waals surface area contributed by atoms with Gasteiger partial charge in [-0.25, -0.2) is 0 Å². The highest BCUT2D eigenvalue weighted by Gasteiger charge is 2.20. The Morgan fingerprint density at radius 2 is 2.53 bits per heavy atom. The van der Waals surface area contributed by atoms with Gasteiger partial charge in [0.25, 0.3) is 0 Å². The molecule has 3 nitrogen and oxygen atoms in total. The van der Waals surface area contributed by atoms with Gasteiger partial charge in [-0.15, -0.1) is 0 Å². The molecular formula is C11H17FN2O. The second kappa shape index (κ2) is 4.75. The van der Waals surface area contributed by atoms with Crippen LogP contribution >= 0.6 is 0 Å². The third-order valence-corrected chi connectivity index (χ3v) is 2.88. The molecule has 0 aromatic carbocycles. The topological polar surface area (TPSA) is 29.3 Å². The number of hydrogen-bond acceptors (Lipinski definition) is 3.